The van der Waals surface area contributed by atoms with Crippen molar-refractivity contribution >= 4 is 34.2 Å². The van der Waals surface area contributed by atoms with Gasteiger partial charge in [0.1, 0.15) is 0 Å². The molecule has 0 spiro atoms. The molecule has 2 aromatic carbocycles. The molecule has 0 fully saturated rings. The molecule has 0 heterocycles. The number of aryl methyl sites for hydroxylation is 1. The molecule has 122 valence electrons. The predicted octanol–water partition coefficient (Wildman–Crippen LogP) is 5.54. The van der Waals surface area contributed by atoms with Gasteiger partial charge in [0.15, 0.2) is 0 Å². The first-order valence-corrected chi connectivity index (χ1v) is 9.10. The molecule has 0 bridgehead atoms. The summed E-state index contributed by atoms with van der Waals surface area (Å²) in [6.45, 7) is 8.40. The average molecular weight is 421 g/mol. The molecule has 1 atom stereocenters. The van der Waals surface area contributed by atoms with Crippen molar-refractivity contribution in [2.75, 3.05) is 5.32 Å². The number of anilines is 1. The second kappa shape index (κ2) is 7.95. The molecule has 0 saturated heterocycles. The summed E-state index contributed by atoms with van der Waals surface area (Å²) in [5.74, 6) is 0.512. The van der Waals surface area contributed by atoms with E-state index in [1.807, 2.05) is 26.0 Å². The van der Waals surface area contributed by atoms with Crippen LogP contribution in [0.3, 0.4) is 0 Å². The molecule has 0 aliphatic heterocycles. The van der Waals surface area contributed by atoms with Crippen LogP contribution in [0.5, 0.6) is 0 Å². The fraction of sp³-hybridized carbons (Fsp3) is 0.350. The van der Waals surface area contributed by atoms with Crippen molar-refractivity contribution in [3.05, 3.63) is 62.7 Å². The molecule has 0 saturated carbocycles. The van der Waals surface area contributed by atoms with Crippen molar-refractivity contribution < 1.29 is 4.79 Å². The van der Waals surface area contributed by atoms with E-state index in [1.54, 1.807) is 0 Å². The van der Waals surface area contributed by atoms with E-state index in [1.165, 1.54) is 9.13 Å². The Hall–Kier alpha value is -1.36. The van der Waals surface area contributed by atoms with E-state index in [0.717, 1.165) is 23.2 Å². The number of carbonyl (C=O) groups is 1. The van der Waals surface area contributed by atoms with Crippen molar-refractivity contribution in [3.8, 4) is 0 Å². The van der Waals surface area contributed by atoms with Crippen molar-refractivity contribution in [1.82, 2.24) is 0 Å². The zero-order chi connectivity index (χ0) is 17.0. The van der Waals surface area contributed by atoms with Gasteiger partial charge in [-0.2, -0.15) is 0 Å². The predicted molar refractivity (Wildman–Crippen MR) is 106 cm³/mol. The zero-order valence-corrected chi connectivity index (χ0v) is 16.3. The number of hydrogen-bond donors (Lipinski definition) is 1. The van der Waals surface area contributed by atoms with E-state index in [0.29, 0.717) is 5.92 Å². The summed E-state index contributed by atoms with van der Waals surface area (Å²) in [5.41, 5.74) is 4.35. The molecule has 0 aliphatic rings. The number of rotatable bonds is 5. The first kappa shape index (κ1) is 18.0. The lowest BCUT2D eigenvalue weighted by atomic mass is 9.96. The lowest BCUT2D eigenvalue weighted by Crippen LogP contribution is -2.19. The fourth-order valence-electron chi connectivity index (χ4n) is 2.57. The Morgan fingerprint density at radius 2 is 1.74 bits per heavy atom. The highest BCUT2D eigenvalue weighted by molar-refractivity contribution is 14.1. The highest BCUT2D eigenvalue weighted by Gasteiger charge is 2.16. The van der Waals surface area contributed by atoms with Gasteiger partial charge in [-0.1, -0.05) is 38.1 Å². The standard InChI is InChI=1S/C20H24INO/c1-13(2)11-16-5-7-17(8-6-16)15(4)20(23)22-19-10-9-18(21)12-14(19)3/h5-10,12-13,15H,11H2,1-4H3,(H,22,23). The Kier molecular flexibility index (Phi) is 6.22. The first-order chi connectivity index (χ1) is 10.9. The Morgan fingerprint density at radius 1 is 1.09 bits per heavy atom. The van der Waals surface area contributed by atoms with Gasteiger partial charge >= 0.3 is 0 Å². The summed E-state index contributed by atoms with van der Waals surface area (Å²) in [4.78, 5) is 12.5. The minimum Gasteiger partial charge on any atom is -0.325 e. The first-order valence-electron chi connectivity index (χ1n) is 8.02. The van der Waals surface area contributed by atoms with Crippen LogP contribution >= 0.6 is 22.6 Å². The van der Waals surface area contributed by atoms with Crippen LogP contribution < -0.4 is 5.32 Å². The zero-order valence-electron chi connectivity index (χ0n) is 14.2. The van der Waals surface area contributed by atoms with Crippen LogP contribution in [0, 0.1) is 16.4 Å². The molecule has 0 aromatic heterocycles. The lowest BCUT2D eigenvalue weighted by Gasteiger charge is -2.15. The number of amides is 1. The van der Waals surface area contributed by atoms with E-state index < -0.39 is 0 Å². The van der Waals surface area contributed by atoms with Crippen LogP contribution in [0.1, 0.15) is 43.4 Å². The Morgan fingerprint density at radius 3 is 2.30 bits per heavy atom. The molecule has 1 unspecified atom stereocenters. The molecular weight excluding hydrogens is 397 g/mol. The van der Waals surface area contributed by atoms with Gasteiger partial charge in [0, 0.05) is 9.26 Å². The quantitative estimate of drug-likeness (QED) is 0.631. The molecule has 1 amide bonds. The Labute approximate surface area is 152 Å². The minimum absolute atomic E-state index is 0.0333. The summed E-state index contributed by atoms with van der Waals surface area (Å²) in [5, 5.41) is 3.04. The van der Waals surface area contributed by atoms with Gasteiger partial charge in [-0.15, -0.1) is 0 Å². The van der Waals surface area contributed by atoms with Crippen molar-refractivity contribution in [2.45, 2.75) is 40.0 Å². The van der Waals surface area contributed by atoms with E-state index in [4.69, 9.17) is 0 Å². The Balaban J connectivity index is 2.07. The smallest absolute Gasteiger partial charge is 0.231 e. The number of carbonyl (C=O) groups excluding carboxylic acids is 1. The molecule has 2 aromatic rings. The molecule has 23 heavy (non-hydrogen) atoms. The normalized spacial score (nSPS) is 12.3. The number of halogens is 1. The van der Waals surface area contributed by atoms with Crippen molar-refractivity contribution in [2.24, 2.45) is 5.92 Å². The van der Waals surface area contributed by atoms with E-state index in [-0.39, 0.29) is 11.8 Å². The van der Waals surface area contributed by atoms with Gasteiger partial charge in [0.2, 0.25) is 5.91 Å². The molecule has 3 heteroatoms. The maximum absolute atomic E-state index is 12.5. The van der Waals surface area contributed by atoms with Gasteiger partial charge in [-0.3, -0.25) is 4.79 Å². The van der Waals surface area contributed by atoms with E-state index in [2.05, 4.69) is 72.1 Å². The van der Waals surface area contributed by atoms with Crippen LogP contribution in [0.2, 0.25) is 0 Å². The van der Waals surface area contributed by atoms with Gasteiger partial charge in [-0.25, -0.2) is 0 Å². The van der Waals surface area contributed by atoms with Crippen molar-refractivity contribution in [1.29, 1.82) is 0 Å². The summed E-state index contributed by atoms with van der Waals surface area (Å²) in [6, 6.07) is 14.5. The molecule has 1 N–H and O–H groups in total. The third kappa shape index (κ3) is 5.06. The van der Waals surface area contributed by atoms with Crippen LogP contribution in [0.25, 0.3) is 0 Å². The highest BCUT2D eigenvalue weighted by Crippen LogP contribution is 2.22. The van der Waals surface area contributed by atoms with Gasteiger partial charge in [0.25, 0.3) is 0 Å². The maximum atomic E-state index is 12.5. The third-order valence-electron chi connectivity index (χ3n) is 3.96. The van der Waals surface area contributed by atoms with Crippen LogP contribution in [-0.2, 0) is 11.2 Å². The summed E-state index contributed by atoms with van der Waals surface area (Å²) < 4.78 is 1.17. The molecular formula is C20H24INO. The largest absolute Gasteiger partial charge is 0.325 e. The summed E-state index contributed by atoms with van der Waals surface area (Å²) in [6.07, 6.45) is 1.07. The number of nitrogens with one attached hydrogen (secondary N) is 1. The number of hydrogen-bond acceptors (Lipinski definition) is 1. The fourth-order valence-corrected chi connectivity index (χ4v) is 3.22. The van der Waals surface area contributed by atoms with E-state index >= 15 is 0 Å². The second-order valence-electron chi connectivity index (χ2n) is 6.51. The second-order valence-corrected chi connectivity index (χ2v) is 7.76. The lowest BCUT2D eigenvalue weighted by molar-refractivity contribution is -0.117. The van der Waals surface area contributed by atoms with E-state index in [9.17, 15) is 4.79 Å². The molecule has 0 radical (unpaired) electrons. The molecule has 0 aliphatic carbocycles. The summed E-state index contributed by atoms with van der Waals surface area (Å²) >= 11 is 2.28. The maximum Gasteiger partial charge on any atom is 0.231 e. The summed E-state index contributed by atoms with van der Waals surface area (Å²) in [7, 11) is 0. The SMILES string of the molecule is Cc1cc(I)ccc1NC(=O)C(C)c1ccc(CC(C)C)cc1. The van der Waals surface area contributed by atoms with Gasteiger partial charge in [0.05, 0.1) is 5.92 Å². The highest BCUT2D eigenvalue weighted by atomic mass is 127. The molecule has 2 nitrogen and oxygen atoms in total. The van der Waals surface area contributed by atoms with Gasteiger partial charge < -0.3 is 5.32 Å². The van der Waals surface area contributed by atoms with Crippen LogP contribution in [-0.4, -0.2) is 5.91 Å². The monoisotopic (exact) mass is 421 g/mol. The van der Waals surface area contributed by atoms with Gasteiger partial charge in [-0.05, 0) is 83.7 Å². The van der Waals surface area contributed by atoms with Crippen LogP contribution in [0.4, 0.5) is 5.69 Å². The molecule has 2 rings (SSSR count). The topological polar surface area (TPSA) is 29.1 Å². The third-order valence-corrected chi connectivity index (χ3v) is 4.63. The van der Waals surface area contributed by atoms with Crippen LogP contribution in [0.15, 0.2) is 42.5 Å². The Bertz CT molecular complexity index is 677. The number of benzene rings is 2. The minimum atomic E-state index is -0.165. The van der Waals surface area contributed by atoms with Crippen molar-refractivity contribution in [3.63, 3.8) is 0 Å². The average Bonchev–Trinajstić information content (AvgIpc) is 2.49.